The molecule has 16 heavy (non-hydrogen) atoms. The van der Waals surface area contributed by atoms with Crippen molar-refractivity contribution in [3.8, 4) is 0 Å². The molecular formula is C11H17ClN4. The molecule has 0 aliphatic carbocycles. The van der Waals surface area contributed by atoms with Crippen molar-refractivity contribution in [2.45, 2.75) is 37.8 Å². The van der Waals surface area contributed by atoms with Crippen LogP contribution >= 0.6 is 11.6 Å². The predicted octanol–water partition coefficient (Wildman–Crippen LogP) is 0.887. The molecule has 0 spiro atoms. The second-order valence-corrected chi connectivity index (χ2v) is 5.16. The van der Waals surface area contributed by atoms with Gasteiger partial charge in [-0.15, -0.1) is 0 Å². The van der Waals surface area contributed by atoms with E-state index in [4.69, 9.17) is 17.3 Å². The number of fused-ring (bicyclic) bond motifs is 1. The summed E-state index contributed by atoms with van der Waals surface area (Å²) in [6.07, 6.45) is 3.07. The number of nitrogens with two attached hydrogens (primary N) is 1. The third kappa shape index (κ3) is 1.65. The average Bonchev–Trinajstić information content (AvgIpc) is 2.87. The molecule has 0 radical (unpaired) electrons. The van der Waals surface area contributed by atoms with Gasteiger partial charge in [0.15, 0.2) is 5.15 Å². The van der Waals surface area contributed by atoms with Gasteiger partial charge in [-0.2, -0.15) is 0 Å². The molecule has 2 aliphatic heterocycles. The second kappa shape index (κ2) is 4.02. The fourth-order valence-electron chi connectivity index (χ4n) is 2.75. The predicted molar refractivity (Wildman–Crippen MR) is 63.8 cm³/mol. The van der Waals surface area contributed by atoms with E-state index in [2.05, 4.69) is 14.9 Å². The van der Waals surface area contributed by atoms with Crippen LogP contribution in [0.1, 0.15) is 30.3 Å². The Morgan fingerprint density at radius 2 is 2.31 bits per heavy atom. The van der Waals surface area contributed by atoms with E-state index in [1.54, 1.807) is 0 Å². The molecule has 4 nitrogen and oxygen atoms in total. The van der Waals surface area contributed by atoms with Crippen LogP contribution in [0.4, 0.5) is 0 Å². The van der Waals surface area contributed by atoms with Gasteiger partial charge in [-0.25, -0.2) is 4.98 Å². The number of imidazole rings is 1. The topological polar surface area (TPSA) is 55.9 Å². The molecule has 2 atom stereocenters. The van der Waals surface area contributed by atoms with Crippen molar-refractivity contribution in [2.24, 2.45) is 5.73 Å². The smallest absolute Gasteiger partial charge is 0.150 e. The fourth-order valence-corrected chi connectivity index (χ4v) is 3.02. The maximum absolute atomic E-state index is 6.20. The third-order valence-electron chi connectivity index (χ3n) is 3.66. The van der Waals surface area contributed by atoms with Crippen LogP contribution in [-0.4, -0.2) is 28.7 Å². The van der Waals surface area contributed by atoms with E-state index >= 15 is 0 Å². The Labute approximate surface area is 100 Å². The molecule has 0 amide bonds. The molecule has 0 saturated carbocycles. The van der Waals surface area contributed by atoms with Gasteiger partial charge in [0.1, 0.15) is 5.82 Å². The number of aromatic nitrogens is 2. The van der Waals surface area contributed by atoms with E-state index in [9.17, 15) is 0 Å². The molecule has 3 heterocycles. The van der Waals surface area contributed by atoms with Crippen LogP contribution in [0, 0.1) is 0 Å². The molecule has 3 N–H and O–H groups in total. The van der Waals surface area contributed by atoms with Gasteiger partial charge in [-0.3, -0.25) is 0 Å². The van der Waals surface area contributed by atoms with Crippen molar-refractivity contribution in [1.29, 1.82) is 0 Å². The normalized spacial score (nSPS) is 29.4. The van der Waals surface area contributed by atoms with E-state index in [1.807, 2.05) is 0 Å². The van der Waals surface area contributed by atoms with E-state index in [1.165, 1.54) is 6.42 Å². The minimum absolute atomic E-state index is 0.247. The first kappa shape index (κ1) is 10.6. The van der Waals surface area contributed by atoms with Crippen molar-refractivity contribution >= 4 is 11.6 Å². The molecule has 5 heteroatoms. The number of hydrogen-bond acceptors (Lipinski definition) is 3. The first-order chi connectivity index (χ1) is 7.75. The summed E-state index contributed by atoms with van der Waals surface area (Å²) in [6.45, 7) is 3.09. The summed E-state index contributed by atoms with van der Waals surface area (Å²) in [6, 6.07) is 0.247. The SMILES string of the molecule is NC1CCn2c(C3CCNC3)nc(Cl)c2C1. The minimum Gasteiger partial charge on any atom is -0.330 e. The molecule has 0 aromatic carbocycles. The number of nitrogens with one attached hydrogen (secondary N) is 1. The second-order valence-electron chi connectivity index (χ2n) is 4.80. The summed E-state index contributed by atoms with van der Waals surface area (Å²) >= 11 is 6.20. The summed E-state index contributed by atoms with van der Waals surface area (Å²) in [5.41, 5.74) is 7.11. The van der Waals surface area contributed by atoms with Crippen LogP contribution in [0.25, 0.3) is 0 Å². The highest BCUT2D eigenvalue weighted by Gasteiger charge is 2.28. The summed E-state index contributed by atoms with van der Waals surface area (Å²) < 4.78 is 2.30. The van der Waals surface area contributed by atoms with E-state index in [-0.39, 0.29) is 6.04 Å². The van der Waals surface area contributed by atoms with Gasteiger partial charge in [0.2, 0.25) is 0 Å². The molecule has 88 valence electrons. The Kier molecular flexibility index (Phi) is 2.65. The lowest BCUT2D eigenvalue weighted by Crippen LogP contribution is -2.31. The lowest BCUT2D eigenvalue weighted by molar-refractivity contribution is 0.451. The van der Waals surface area contributed by atoms with Crippen LogP contribution < -0.4 is 11.1 Å². The van der Waals surface area contributed by atoms with Crippen molar-refractivity contribution < 1.29 is 0 Å². The lowest BCUT2D eigenvalue weighted by atomic mass is 10.0. The number of hydrogen-bond donors (Lipinski definition) is 2. The standard InChI is InChI=1S/C11H17ClN4/c12-10-9-5-8(13)2-4-16(9)11(15-10)7-1-3-14-6-7/h7-8,14H,1-6,13H2. The zero-order chi connectivity index (χ0) is 11.1. The molecule has 1 aromatic heterocycles. The highest BCUT2D eigenvalue weighted by Crippen LogP contribution is 2.30. The first-order valence-corrected chi connectivity index (χ1v) is 6.34. The van der Waals surface area contributed by atoms with Crippen molar-refractivity contribution in [3.05, 3.63) is 16.7 Å². The lowest BCUT2D eigenvalue weighted by Gasteiger charge is -2.23. The van der Waals surface area contributed by atoms with E-state index in [0.717, 1.165) is 44.0 Å². The van der Waals surface area contributed by atoms with Crippen LogP contribution in [0.5, 0.6) is 0 Å². The Morgan fingerprint density at radius 1 is 1.44 bits per heavy atom. The number of rotatable bonds is 1. The van der Waals surface area contributed by atoms with E-state index in [0.29, 0.717) is 11.1 Å². The summed E-state index contributed by atoms with van der Waals surface area (Å²) in [4.78, 5) is 4.54. The quantitative estimate of drug-likeness (QED) is 0.767. The molecule has 2 unspecified atom stereocenters. The van der Waals surface area contributed by atoms with Gasteiger partial charge in [0, 0.05) is 31.5 Å². The fraction of sp³-hybridized carbons (Fsp3) is 0.727. The maximum atomic E-state index is 6.20. The zero-order valence-electron chi connectivity index (χ0n) is 9.25. The van der Waals surface area contributed by atoms with Crippen molar-refractivity contribution in [1.82, 2.24) is 14.9 Å². The Hall–Kier alpha value is -0.580. The molecular weight excluding hydrogens is 224 g/mol. The van der Waals surface area contributed by atoms with Crippen LogP contribution in [0.2, 0.25) is 5.15 Å². The van der Waals surface area contributed by atoms with Crippen LogP contribution in [0.3, 0.4) is 0 Å². The molecule has 2 aliphatic rings. The molecule has 1 fully saturated rings. The minimum atomic E-state index is 0.247. The maximum Gasteiger partial charge on any atom is 0.150 e. The largest absolute Gasteiger partial charge is 0.330 e. The van der Waals surface area contributed by atoms with Crippen LogP contribution in [0.15, 0.2) is 0 Å². The molecule has 1 saturated heterocycles. The van der Waals surface area contributed by atoms with Gasteiger partial charge in [0.25, 0.3) is 0 Å². The van der Waals surface area contributed by atoms with Crippen molar-refractivity contribution in [2.75, 3.05) is 13.1 Å². The van der Waals surface area contributed by atoms with Gasteiger partial charge in [-0.05, 0) is 19.4 Å². The highest BCUT2D eigenvalue weighted by molar-refractivity contribution is 6.30. The third-order valence-corrected chi connectivity index (χ3v) is 3.96. The zero-order valence-corrected chi connectivity index (χ0v) is 10.0. The Morgan fingerprint density at radius 3 is 3.06 bits per heavy atom. The first-order valence-electron chi connectivity index (χ1n) is 5.97. The highest BCUT2D eigenvalue weighted by atomic mass is 35.5. The van der Waals surface area contributed by atoms with Gasteiger partial charge < -0.3 is 15.6 Å². The molecule has 3 rings (SSSR count). The van der Waals surface area contributed by atoms with E-state index < -0.39 is 0 Å². The number of halogens is 1. The number of nitrogens with zero attached hydrogens (tertiary/aromatic N) is 2. The Bertz CT molecular complexity index is 395. The molecule has 0 bridgehead atoms. The monoisotopic (exact) mass is 240 g/mol. The molecule has 1 aromatic rings. The summed E-state index contributed by atoms with van der Waals surface area (Å²) in [5.74, 6) is 1.69. The van der Waals surface area contributed by atoms with Gasteiger partial charge in [0.05, 0.1) is 5.69 Å². The van der Waals surface area contributed by atoms with Gasteiger partial charge in [-0.1, -0.05) is 11.6 Å². The van der Waals surface area contributed by atoms with Gasteiger partial charge >= 0.3 is 0 Å². The van der Waals surface area contributed by atoms with Crippen LogP contribution in [-0.2, 0) is 13.0 Å². The summed E-state index contributed by atoms with van der Waals surface area (Å²) in [7, 11) is 0. The van der Waals surface area contributed by atoms with Crippen molar-refractivity contribution in [3.63, 3.8) is 0 Å². The Balaban J connectivity index is 1.97. The summed E-state index contributed by atoms with van der Waals surface area (Å²) in [5, 5.41) is 4.04. The average molecular weight is 241 g/mol.